The Morgan fingerprint density at radius 2 is 0.786 bits per heavy atom. The van der Waals surface area contributed by atoms with E-state index in [-0.39, 0.29) is 12.5 Å². The molecule has 0 aliphatic rings. The zero-order chi connectivity index (χ0) is 40.7. The SMILES string of the molecule is CC/C=C\C/C=C\C/C=C\C/C=C\C/C=C\C/C=C\C/C=C\C/C=C\C/C=C\CCCCCCCC(=O)NC(CO)C(O)/C=C/CCCCCCCCCCC. The third-order valence-electron chi connectivity index (χ3n) is 9.45. The van der Waals surface area contributed by atoms with Gasteiger partial charge >= 0.3 is 0 Å². The summed E-state index contributed by atoms with van der Waals surface area (Å²) in [4.78, 5) is 12.4. The van der Waals surface area contributed by atoms with E-state index >= 15 is 0 Å². The highest BCUT2D eigenvalue weighted by Gasteiger charge is 2.17. The number of unbranched alkanes of at least 4 members (excludes halogenated alkanes) is 14. The van der Waals surface area contributed by atoms with Gasteiger partial charge in [-0.3, -0.25) is 4.79 Å². The van der Waals surface area contributed by atoms with Gasteiger partial charge in [-0.1, -0.05) is 206 Å². The Labute approximate surface area is 346 Å². The first-order valence-corrected chi connectivity index (χ1v) is 22.7. The minimum Gasteiger partial charge on any atom is -0.394 e. The Bertz CT molecular complexity index is 1150. The largest absolute Gasteiger partial charge is 0.394 e. The molecule has 0 aliphatic carbocycles. The second kappa shape index (κ2) is 46.2. The summed E-state index contributed by atoms with van der Waals surface area (Å²) in [6.07, 6.45) is 71.6. The van der Waals surface area contributed by atoms with Crippen LogP contribution in [0.3, 0.4) is 0 Å². The molecule has 0 aromatic rings. The van der Waals surface area contributed by atoms with Crippen molar-refractivity contribution >= 4 is 5.91 Å². The van der Waals surface area contributed by atoms with E-state index in [1.807, 2.05) is 6.08 Å². The van der Waals surface area contributed by atoms with E-state index in [9.17, 15) is 15.0 Å². The molecule has 0 fully saturated rings. The van der Waals surface area contributed by atoms with Crippen molar-refractivity contribution in [3.63, 3.8) is 0 Å². The minimum atomic E-state index is -0.854. The number of rotatable bonds is 39. The van der Waals surface area contributed by atoms with Crippen LogP contribution in [0, 0.1) is 0 Å². The van der Waals surface area contributed by atoms with Crippen LogP contribution in [0.5, 0.6) is 0 Å². The van der Waals surface area contributed by atoms with Gasteiger partial charge in [0.2, 0.25) is 5.91 Å². The Kier molecular flexibility index (Phi) is 43.5. The number of aliphatic hydroxyl groups is 2. The van der Waals surface area contributed by atoms with Gasteiger partial charge in [-0.2, -0.15) is 0 Å². The van der Waals surface area contributed by atoms with Crippen molar-refractivity contribution in [1.82, 2.24) is 5.32 Å². The van der Waals surface area contributed by atoms with Crippen LogP contribution in [0.1, 0.15) is 181 Å². The third-order valence-corrected chi connectivity index (χ3v) is 9.45. The van der Waals surface area contributed by atoms with E-state index in [4.69, 9.17) is 0 Å². The Hall–Kier alpha value is -3.21. The molecule has 0 bridgehead atoms. The lowest BCUT2D eigenvalue weighted by molar-refractivity contribution is -0.123. The molecule has 0 aromatic heterocycles. The van der Waals surface area contributed by atoms with E-state index < -0.39 is 12.1 Å². The average Bonchev–Trinajstić information content (AvgIpc) is 3.20. The first-order valence-electron chi connectivity index (χ1n) is 22.7. The summed E-state index contributed by atoms with van der Waals surface area (Å²) in [5, 5.41) is 22.9. The van der Waals surface area contributed by atoms with Gasteiger partial charge in [0.05, 0.1) is 18.8 Å². The molecule has 3 N–H and O–H groups in total. The lowest BCUT2D eigenvalue weighted by atomic mass is 10.1. The molecule has 4 nitrogen and oxygen atoms in total. The zero-order valence-corrected chi connectivity index (χ0v) is 36.1. The van der Waals surface area contributed by atoms with Crippen LogP contribution in [-0.2, 0) is 4.79 Å². The van der Waals surface area contributed by atoms with E-state index in [2.05, 4.69) is 129 Å². The van der Waals surface area contributed by atoms with Crippen molar-refractivity contribution in [2.75, 3.05) is 6.61 Å². The van der Waals surface area contributed by atoms with Crippen LogP contribution in [-0.4, -0.2) is 34.9 Å². The van der Waals surface area contributed by atoms with Crippen LogP contribution < -0.4 is 5.32 Å². The molecular weight excluding hydrogens is 687 g/mol. The molecule has 0 saturated heterocycles. The van der Waals surface area contributed by atoms with Crippen LogP contribution >= 0.6 is 0 Å². The molecule has 0 radical (unpaired) electrons. The quantitative estimate of drug-likeness (QED) is 0.0430. The minimum absolute atomic E-state index is 0.0909. The topological polar surface area (TPSA) is 69.6 Å². The molecule has 0 rings (SSSR count). The Morgan fingerprint density at radius 1 is 0.446 bits per heavy atom. The summed E-state index contributed by atoms with van der Waals surface area (Å²) in [6, 6.07) is -0.640. The molecule has 2 unspecified atom stereocenters. The van der Waals surface area contributed by atoms with Crippen molar-refractivity contribution in [3.8, 4) is 0 Å². The van der Waals surface area contributed by atoms with Gasteiger partial charge < -0.3 is 15.5 Å². The van der Waals surface area contributed by atoms with Gasteiger partial charge in [0.1, 0.15) is 0 Å². The summed E-state index contributed by atoms with van der Waals surface area (Å²) >= 11 is 0. The van der Waals surface area contributed by atoms with Gasteiger partial charge in [-0.05, 0) is 89.9 Å². The maximum absolute atomic E-state index is 12.4. The molecule has 56 heavy (non-hydrogen) atoms. The standard InChI is InChI=1S/C52H85NO3/c1-3-5-7-9-11-13-15-16-17-18-19-20-21-22-23-24-25-26-27-28-29-30-31-32-33-34-35-36-38-40-42-44-46-48-52(56)53-50(49-54)51(55)47-45-43-41-39-37-14-12-10-8-6-4-2/h5,7,11,13,16-17,19-20,22-23,25-26,28-29,31-32,34-35,45,47,50-51,54-55H,3-4,6,8-10,12,14-15,18,21,24,27,30,33,36-44,46,48-49H2,1-2H3,(H,53,56)/b7-5-,13-11-,17-16-,20-19-,23-22-,26-25-,29-28-,32-31-,35-34-,47-45+. The van der Waals surface area contributed by atoms with Crippen molar-refractivity contribution < 1.29 is 15.0 Å². The second-order valence-electron chi connectivity index (χ2n) is 14.7. The number of amides is 1. The molecule has 0 aromatic carbocycles. The molecular formula is C52H85NO3. The summed E-state index contributed by atoms with van der Waals surface area (Å²) in [7, 11) is 0. The van der Waals surface area contributed by atoms with Crippen LogP contribution in [0.4, 0.5) is 0 Å². The molecule has 4 heteroatoms. The van der Waals surface area contributed by atoms with Crippen molar-refractivity contribution in [1.29, 1.82) is 0 Å². The van der Waals surface area contributed by atoms with Crippen molar-refractivity contribution in [3.05, 3.63) is 122 Å². The fourth-order valence-electron chi connectivity index (χ4n) is 5.99. The average molecular weight is 772 g/mol. The number of carbonyl (C=O) groups is 1. The lowest BCUT2D eigenvalue weighted by Gasteiger charge is -2.20. The predicted molar refractivity (Wildman–Crippen MR) is 248 cm³/mol. The maximum Gasteiger partial charge on any atom is 0.220 e. The summed E-state index contributed by atoms with van der Waals surface area (Å²) in [5.74, 6) is -0.0909. The van der Waals surface area contributed by atoms with E-state index in [0.29, 0.717) is 6.42 Å². The highest BCUT2D eigenvalue weighted by Crippen LogP contribution is 2.12. The first kappa shape index (κ1) is 52.8. The van der Waals surface area contributed by atoms with Gasteiger partial charge in [0, 0.05) is 6.42 Å². The number of aliphatic hydroxyl groups excluding tert-OH is 2. The van der Waals surface area contributed by atoms with Crippen LogP contribution in [0.15, 0.2) is 122 Å². The number of carbonyl (C=O) groups excluding carboxylic acids is 1. The second-order valence-corrected chi connectivity index (χ2v) is 14.7. The van der Waals surface area contributed by atoms with Gasteiger partial charge in [-0.15, -0.1) is 0 Å². The van der Waals surface area contributed by atoms with Gasteiger partial charge in [0.15, 0.2) is 0 Å². The van der Waals surface area contributed by atoms with Crippen LogP contribution in [0.25, 0.3) is 0 Å². The van der Waals surface area contributed by atoms with Crippen LogP contribution in [0.2, 0.25) is 0 Å². The third kappa shape index (κ3) is 41.9. The first-order chi connectivity index (χ1) is 27.7. The van der Waals surface area contributed by atoms with E-state index in [1.54, 1.807) is 6.08 Å². The molecule has 0 aliphatic heterocycles. The molecule has 0 heterocycles. The smallest absolute Gasteiger partial charge is 0.220 e. The fraction of sp³-hybridized carbons (Fsp3) is 0.596. The molecule has 1 amide bonds. The normalized spacial score (nSPS) is 14.1. The lowest BCUT2D eigenvalue weighted by Crippen LogP contribution is -2.45. The number of hydrogen-bond acceptors (Lipinski definition) is 3. The zero-order valence-electron chi connectivity index (χ0n) is 36.1. The summed E-state index contributed by atoms with van der Waals surface area (Å²) < 4.78 is 0. The van der Waals surface area contributed by atoms with Crippen molar-refractivity contribution in [2.24, 2.45) is 0 Å². The van der Waals surface area contributed by atoms with E-state index in [0.717, 1.165) is 96.3 Å². The fourth-order valence-corrected chi connectivity index (χ4v) is 5.99. The monoisotopic (exact) mass is 772 g/mol. The predicted octanol–water partition coefficient (Wildman–Crippen LogP) is 14.6. The van der Waals surface area contributed by atoms with Gasteiger partial charge in [-0.25, -0.2) is 0 Å². The number of nitrogens with one attached hydrogen (secondary N) is 1. The molecule has 316 valence electrons. The highest BCUT2D eigenvalue weighted by atomic mass is 16.3. The van der Waals surface area contributed by atoms with Crippen molar-refractivity contribution in [2.45, 2.75) is 193 Å². The van der Waals surface area contributed by atoms with E-state index in [1.165, 1.54) is 64.2 Å². The number of allylic oxidation sites excluding steroid dienone is 19. The summed E-state index contributed by atoms with van der Waals surface area (Å²) in [5.41, 5.74) is 0. The number of hydrogen-bond donors (Lipinski definition) is 3. The Balaban J connectivity index is 3.71. The highest BCUT2D eigenvalue weighted by molar-refractivity contribution is 5.76. The Morgan fingerprint density at radius 3 is 1.18 bits per heavy atom. The molecule has 0 saturated carbocycles. The summed E-state index contributed by atoms with van der Waals surface area (Å²) in [6.45, 7) is 4.15. The molecule has 0 spiro atoms. The maximum atomic E-state index is 12.4. The van der Waals surface area contributed by atoms with Gasteiger partial charge in [0.25, 0.3) is 0 Å². The molecule has 2 atom stereocenters.